The van der Waals surface area contributed by atoms with Gasteiger partial charge in [-0.2, -0.15) is 0 Å². The van der Waals surface area contributed by atoms with Crippen molar-refractivity contribution in [3.05, 3.63) is 53.6 Å². The number of nitrogens with zero attached hydrogens (tertiary/aromatic N) is 1. The van der Waals surface area contributed by atoms with Gasteiger partial charge in [0, 0.05) is 5.56 Å². The van der Waals surface area contributed by atoms with Gasteiger partial charge in [0.15, 0.2) is 5.58 Å². The summed E-state index contributed by atoms with van der Waals surface area (Å²) in [6, 6.07) is 14.3. The third-order valence-corrected chi connectivity index (χ3v) is 3.59. The van der Waals surface area contributed by atoms with Crippen molar-refractivity contribution in [1.29, 1.82) is 0 Å². The normalized spacial score (nSPS) is 12.0. The fraction of sp³-hybridized carbons (Fsp3) is 0.278. The number of para-hydroxylation sites is 2. The highest BCUT2D eigenvalue weighted by Crippen LogP contribution is 2.31. The van der Waals surface area contributed by atoms with Gasteiger partial charge in [-0.1, -0.05) is 39.0 Å². The summed E-state index contributed by atoms with van der Waals surface area (Å²) in [5.41, 5.74) is 5.53. The van der Waals surface area contributed by atoms with Crippen LogP contribution in [-0.4, -0.2) is 4.98 Å². The van der Waals surface area contributed by atoms with E-state index in [9.17, 15) is 0 Å². The van der Waals surface area contributed by atoms with Crippen LogP contribution in [0.4, 0.5) is 0 Å². The minimum atomic E-state index is 0.117. The zero-order chi connectivity index (χ0) is 14.3. The molecule has 0 radical (unpaired) electrons. The molecule has 20 heavy (non-hydrogen) atoms. The van der Waals surface area contributed by atoms with Crippen LogP contribution in [0.1, 0.15) is 31.9 Å². The number of aromatic nitrogens is 1. The van der Waals surface area contributed by atoms with Crippen molar-refractivity contribution in [3.63, 3.8) is 0 Å². The highest BCUT2D eigenvalue weighted by atomic mass is 16.3. The summed E-state index contributed by atoms with van der Waals surface area (Å²) in [7, 11) is 0. The molecule has 1 heterocycles. The van der Waals surface area contributed by atoms with E-state index >= 15 is 0 Å². The molecular weight excluding hydrogens is 246 g/mol. The van der Waals surface area contributed by atoms with Crippen molar-refractivity contribution >= 4 is 11.1 Å². The zero-order valence-corrected chi connectivity index (χ0v) is 12.4. The molecule has 2 heteroatoms. The van der Waals surface area contributed by atoms with Gasteiger partial charge in [-0.3, -0.25) is 0 Å². The number of fused-ring (bicyclic) bond motifs is 1. The highest BCUT2D eigenvalue weighted by molar-refractivity contribution is 5.76. The van der Waals surface area contributed by atoms with Gasteiger partial charge in [0.2, 0.25) is 5.89 Å². The molecular formula is C18H19NO. The van der Waals surface area contributed by atoms with E-state index in [-0.39, 0.29) is 5.41 Å². The van der Waals surface area contributed by atoms with Gasteiger partial charge in [-0.15, -0.1) is 0 Å². The summed E-state index contributed by atoms with van der Waals surface area (Å²) in [6.07, 6.45) is 0. The Morgan fingerprint density at radius 3 is 2.45 bits per heavy atom. The molecule has 2 aromatic carbocycles. The van der Waals surface area contributed by atoms with E-state index in [4.69, 9.17) is 4.42 Å². The molecule has 0 saturated carbocycles. The van der Waals surface area contributed by atoms with Crippen LogP contribution in [0.3, 0.4) is 0 Å². The molecule has 0 aliphatic heterocycles. The first-order chi connectivity index (χ1) is 9.45. The van der Waals surface area contributed by atoms with Gasteiger partial charge in [0.1, 0.15) is 5.52 Å². The SMILES string of the molecule is Cc1ccc(-c2nc3ccccc3o2)cc1C(C)(C)C. The quantitative estimate of drug-likeness (QED) is 0.611. The van der Waals surface area contributed by atoms with Gasteiger partial charge in [0.05, 0.1) is 0 Å². The van der Waals surface area contributed by atoms with Crippen LogP contribution in [0.25, 0.3) is 22.6 Å². The number of rotatable bonds is 1. The van der Waals surface area contributed by atoms with Crippen molar-refractivity contribution < 1.29 is 4.42 Å². The summed E-state index contributed by atoms with van der Waals surface area (Å²) < 4.78 is 5.85. The first kappa shape index (κ1) is 12.9. The van der Waals surface area contributed by atoms with Crippen molar-refractivity contribution in [1.82, 2.24) is 4.98 Å². The lowest BCUT2D eigenvalue weighted by Gasteiger charge is -2.22. The Labute approximate surface area is 119 Å². The molecule has 0 amide bonds. The van der Waals surface area contributed by atoms with Crippen molar-refractivity contribution in [2.24, 2.45) is 0 Å². The molecule has 0 fully saturated rings. The first-order valence-corrected chi connectivity index (χ1v) is 6.92. The maximum Gasteiger partial charge on any atom is 0.227 e. The van der Waals surface area contributed by atoms with E-state index in [1.54, 1.807) is 0 Å². The second kappa shape index (κ2) is 4.48. The van der Waals surface area contributed by atoms with Crippen LogP contribution < -0.4 is 0 Å². The summed E-state index contributed by atoms with van der Waals surface area (Å²) in [6.45, 7) is 8.83. The maximum atomic E-state index is 5.85. The van der Waals surface area contributed by atoms with Crippen molar-refractivity contribution in [3.8, 4) is 11.5 Å². The van der Waals surface area contributed by atoms with Gasteiger partial charge in [-0.05, 0) is 47.7 Å². The molecule has 1 aromatic heterocycles. The van der Waals surface area contributed by atoms with Crippen LogP contribution >= 0.6 is 0 Å². The molecule has 0 bridgehead atoms. The number of hydrogen-bond donors (Lipinski definition) is 0. The Bertz CT molecular complexity index is 729. The largest absolute Gasteiger partial charge is 0.436 e. The van der Waals surface area contributed by atoms with Gasteiger partial charge >= 0.3 is 0 Å². The fourth-order valence-electron chi connectivity index (χ4n) is 2.56. The predicted molar refractivity (Wildman–Crippen MR) is 82.9 cm³/mol. The summed E-state index contributed by atoms with van der Waals surface area (Å²) >= 11 is 0. The third kappa shape index (κ3) is 2.22. The molecule has 0 N–H and O–H groups in total. The van der Waals surface area contributed by atoms with E-state index in [0.717, 1.165) is 16.7 Å². The Morgan fingerprint density at radius 2 is 1.75 bits per heavy atom. The molecule has 0 unspecified atom stereocenters. The average molecular weight is 265 g/mol. The smallest absolute Gasteiger partial charge is 0.227 e. The first-order valence-electron chi connectivity index (χ1n) is 6.92. The van der Waals surface area contributed by atoms with E-state index < -0.39 is 0 Å². The minimum absolute atomic E-state index is 0.117. The Hall–Kier alpha value is -2.09. The second-order valence-corrected chi connectivity index (χ2v) is 6.27. The van der Waals surface area contributed by atoms with E-state index in [0.29, 0.717) is 5.89 Å². The standard InChI is InChI=1S/C18H19NO/c1-12-9-10-13(11-14(12)18(2,3)4)17-19-15-7-5-6-8-16(15)20-17/h5-11H,1-4H3. The molecule has 3 rings (SSSR count). The Morgan fingerprint density at radius 1 is 1.00 bits per heavy atom. The molecule has 0 aliphatic rings. The van der Waals surface area contributed by atoms with Gasteiger partial charge < -0.3 is 4.42 Å². The molecule has 0 atom stereocenters. The molecule has 0 aliphatic carbocycles. The average Bonchev–Trinajstić information content (AvgIpc) is 2.81. The Kier molecular flexibility index (Phi) is 2.89. The zero-order valence-electron chi connectivity index (χ0n) is 12.4. The molecule has 2 nitrogen and oxygen atoms in total. The van der Waals surface area contributed by atoms with Gasteiger partial charge in [-0.25, -0.2) is 4.98 Å². The number of aryl methyl sites for hydroxylation is 1. The number of hydrogen-bond acceptors (Lipinski definition) is 2. The fourth-order valence-corrected chi connectivity index (χ4v) is 2.56. The van der Waals surface area contributed by atoms with E-state index in [2.05, 4.69) is 50.9 Å². The lowest BCUT2D eigenvalue weighted by molar-refractivity contribution is 0.584. The maximum absolute atomic E-state index is 5.85. The number of benzene rings is 2. The molecule has 102 valence electrons. The number of oxazole rings is 1. The van der Waals surface area contributed by atoms with Crippen LogP contribution in [0.5, 0.6) is 0 Å². The van der Waals surface area contributed by atoms with E-state index in [1.807, 2.05) is 24.3 Å². The van der Waals surface area contributed by atoms with Gasteiger partial charge in [0.25, 0.3) is 0 Å². The summed E-state index contributed by atoms with van der Waals surface area (Å²) in [5, 5.41) is 0. The van der Waals surface area contributed by atoms with Crippen LogP contribution in [0.15, 0.2) is 46.9 Å². The second-order valence-electron chi connectivity index (χ2n) is 6.27. The van der Waals surface area contributed by atoms with E-state index in [1.165, 1.54) is 11.1 Å². The highest BCUT2D eigenvalue weighted by Gasteiger charge is 2.18. The van der Waals surface area contributed by atoms with Crippen molar-refractivity contribution in [2.45, 2.75) is 33.1 Å². The van der Waals surface area contributed by atoms with Crippen molar-refractivity contribution in [2.75, 3.05) is 0 Å². The summed E-state index contributed by atoms with van der Waals surface area (Å²) in [4.78, 5) is 4.57. The Balaban J connectivity index is 2.14. The lowest BCUT2D eigenvalue weighted by Crippen LogP contribution is -2.13. The molecule has 0 saturated heterocycles. The molecule has 0 spiro atoms. The van der Waals surface area contributed by atoms with Crippen LogP contribution in [0.2, 0.25) is 0 Å². The van der Waals surface area contributed by atoms with Crippen LogP contribution in [0, 0.1) is 6.92 Å². The minimum Gasteiger partial charge on any atom is -0.436 e. The molecule has 3 aromatic rings. The monoisotopic (exact) mass is 265 g/mol. The van der Waals surface area contributed by atoms with Crippen LogP contribution in [-0.2, 0) is 5.41 Å². The predicted octanol–water partition coefficient (Wildman–Crippen LogP) is 5.10. The third-order valence-electron chi connectivity index (χ3n) is 3.59. The topological polar surface area (TPSA) is 26.0 Å². The lowest BCUT2D eigenvalue weighted by atomic mass is 9.83. The summed E-state index contributed by atoms with van der Waals surface area (Å²) in [5.74, 6) is 0.691.